The summed E-state index contributed by atoms with van der Waals surface area (Å²) in [6, 6.07) is 18.0. The normalized spacial score (nSPS) is 17.5. The minimum Gasteiger partial charge on any atom is -0.507 e. The van der Waals surface area contributed by atoms with Gasteiger partial charge < -0.3 is 14.7 Å². The van der Waals surface area contributed by atoms with Crippen molar-refractivity contribution in [1.82, 2.24) is 4.90 Å². The van der Waals surface area contributed by atoms with E-state index in [1.165, 1.54) is 23.1 Å². The molecule has 1 unspecified atom stereocenters. The maximum absolute atomic E-state index is 13.8. The van der Waals surface area contributed by atoms with Crippen molar-refractivity contribution >= 4 is 17.4 Å². The van der Waals surface area contributed by atoms with Gasteiger partial charge in [0.25, 0.3) is 11.7 Å². The number of likely N-dealkylation sites (tertiary alicyclic amines) is 1. The molecule has 3 aromatic rings. The molecule has 0 spiro atoms. The van der Waals surface area contributed by atoms with E-state index in [2.05, 4.69) is 0 Å². The maximum atomic E-state index is 13.8. The number of benzene rings is 3. The van der Waals surface area contributed by atoms with Gasteiger partial charge in [-0.1, -0.05) is 42.5 Å². The van der Waals surface area contributed by atoms with Crippen LogP contribution in [0.3, 0.4) is 0 Å². The van der Waals surface area contributed by atoms with Crippen LogP contribution < -0.4 is 4.74 Å². The lowest BCUT2D eigenvalue weighted by Crippen LogP contribution is -2.29. The molecule has 6 heteroatoms. The fourth-order valence-corrected chi connectivity index (χ4v) is 4.22. The van der Waals surface area contributed by atoms with E-state index in [0.29, 0.717) is 11.3 Å². The van der Waals surface area contributed by atoms with E-state index < -0.39 is 23.5 Å². The van der Waals surface area contributed by atoms with Crippen molar-refractivity contribution in [1.29, 1.82) is 0 Å². The number of ketones is 1. The summed E-state index contributed by atoms with van der Waals surface area (Å²) in [4.78, 5) is 27.9. The summed E-state index contributed by atoms with van der Waals surface area (Å²) in [5.41, 5.74) is 2.92. The van der Waals surface area contributed by atoms with E-state index >= 15 is 0 Å². The Bertz CT molecular complexity index is 1280. The molecule has 4 rings (SSSR count). The molecule has 0 bridgehead atoms. The summed E-state index contributed by atoms with van der Waals surface area (Å²) in [6.07, 6.45) is 0. The van der Waals surface area contributed by atoms with Crippen molar-refractivity contribution < 1.29 is 23.8 Å². The van der Waals surface area contributed by atoms with Gasteiger partial charge in [-0.15, -0.1) is 0 Å². The number of amides is 1. The van der Waals surface area contributed by atoms with Crippen LogP contribution in [0.15, 0.2) is 72.3 Å². The second kappa shape index (κ2) is 8.90. The van der Waals surface area contributed by atoms with E-state index in [1.54, 1.807) is 20.1 Å². The highest BCUT2D eigenvalue weighted by Gasteiger charge is 2.46. The van der Waals surface area contributed by atoms with Gasteiger partial charge in [-0.25, -0.2) is 4.39 Å². The summed E-state index contributed by atoms with van der Waals surface area (Å²) in [5, 5.41) is 11.2. The minimum absolute atomic E-state index is 0.0183. The van der Waals surface area contributed by atoms with Crippen LogP contribution in [-0.2, 0) is 16.1 Å². The Labute approximate surface area is 191 Å². The number of nitrogens with zero attached hydrogens (tertiary/aromatic N) is 1. The maximum Gasteiger partial charge on any atom is 0.295 e. The number of hydrogen-bond donors (Lipinski definition) is 1. The first-order chi connectivity index (χ1) is 15.8. The minimum atomic E-state index is -0.804. The second-order valence-corrected chi connectivity index (χ2v) is 8.06. The second-order valence-electron chi connectivity index (χ2n) is 8.06. The van der Waals surface area contributed by atoms with Crippen molar-refractivity contribution in [3.63, 3.8) is 0 Å². The van der Waals surface area contributed by atoms with Crippen LogP contribution in [0.5, 0.6) is 5.75 Å². The Morgan fingerprint density at radius 1 is 1.00 bits per heavy atom. The number of ether oxygens (including phenoxy) is 1. The third kappa shape index (κ3) is 4.00. The molecule has 0 aromatic heterocycles. The molecular formula is C27H24FNO4. The molecule has 1 aliphatic heterocycles. The summed E-state index contributed by atoms with van der Waals surface area (Å²) in [7, 11) is 1.54. The number of aliphatic hydroxyl groups is 1. The van der Waals surface area contributed by atoms with E-state index in [1.807, 2.05) is 49.4 Å². The van der Waals surface area contributed by atoms with Crippen LogP contribution in [-0.4, -0.2) is 28.8 Å². The van der Waals surface area contributed by atoms with E-state index in [4.69, 9.17) is 4.74 Å². The third-order valence-corrected chi connectivity index (χ3v) is 5.99. The molecule has 1 heterocycles. The number of halogens is 1. The molecule has 33 heavy (non-hydrogen) atoms. The number of carbonyl (C=O) groups is 2. The van der Waals surface area contributed by atoms with Crippen LogP contribution in [0.4, 0.5) is 4.39 Å². The standard InChI is InChI=1S/C27H24FNO4/c1-16-8-4-6-10-20(16)24-23(25(30)18-12-13-21(28)17(2)14-18)26(31)27(32)29(24)15-19-9-5-7-11-22(19)33-3/h4-14,24,30H,15H2,1-3H3/b25-23+. The van der Waals surface area contributed by atoms with E-state index in [9.17, 15) is 19.1 Å². The highest BCUT2D eigenvalue weighted by molar-refractivity contribution is 6.46. The molecule has 1 saturated heterocycles. The van der Waals surface area contributed by atoms with Crippen molar-refractivity contribution in [3.8, 4) is 5.75 Å². The van der Waals surface area contributed by atoms with Gasteiger partial charge in [-0.2, -0.15) is 0 Å². The highest BCUT2D eigenvalue weighted by atomic mass is 19.1. The third-order valence-electron chi connectivity index (χ3n) is 5.99. The van der Waals surface area contributed by atoms with Gasteiger partial charge in [0.15, 0.2) is 0 Å². The van der Waals surface area contributed by atoms with Gasteiger partial charge in [0, 0.05) is 11.1 Å². The quantitative estimate of drug-likeness (QED) is 0.338. The Balaban J connectivity index is 1.90. The van der Waals surface area contributed by atoms with Gasteiger partial charge in [0.05, 0.1) is 25.3 Å². The molecule has 168 valence electrons. The van der Waals surface area contributed by atoms with Crippen LogP contribution in [0.25, 0.3) is 5.76 Å². The molecule has 5 nitrogen and oxygen atoms in total. The van der Waals surface area contributed by atoms with E-state index in [0.717, 1.165) is 16.7 Å². The smallest absolute Gasteiger partial charge is 0.295 e. The van der Waals surface area contributed by atoms with Gasteiger partial charge in [0.1, 0.15) is 17.3 Å². The van der Waals surface area contributed by atoms with Gasteiger partial charge >= 0.3 is 0 Å². The largest absolute Gasteiger partial charge is 0.507 e. The van der Waals surface area contributed by atoms with Crippen molar-refractivity contribution in [2.45, 2.75) is 26.4 Å². The number of Topliss-reactive ketones (excluding diaryl/α,β-unsaturated/α-hetero) is 1. The predicted octanol–water partition coefficient (Wildman–Crippen LogP) is 5.07. The number of aliphatic hydroxyl groups excluding tert-OH is 1. The van der Waals surface area contributed by atoms with E-state index in [-0.39, 0.29) is 23.4 Å². The number of methoxy groups -OCH3 is 1. The Morgan fingerprint density at radius 3 is 2.39 bits per heavy atom. The Morgan fingerprint density at radius 2 is 1.70 bits per heavy atom. The van der Waals surface area contributed by atoms with Crippen molar-refractivity contribution in [2.24, 2.45) is 0 Å². The monoisotopic (exact) mass is 445 g/mol. The Hall–Kier alpha value is -3.93. The summed E-state index contributed by atoms with van der Waals surface area (Å²) < 4.78 is 19.2. The highest BCUT2D eigenvalue weighted by Crippen LogP contribution is 2.42. The number of carbonyl (C=O) groups excluding carboxylic acids is 2. The average Bonchev–Trinajstić information content (AvgIpc) is 3.06. The fraction of sp³-hybridized carbons (Fsp3) is 0.185. The lowest BCUT2D eigenvalue weighted by molar-refractivity contribution is -0.140. The Kier molecular flexibility index (Phi) is 6.01. The average molecular weight is 445 g/mol. The van der Waals surface area contributed by atoms with Crippen LogP contribution in [0.1, 0.15) is 33.9 Å². The molecule has 1 atom stereocenters. The first-order valence-electron chi connectivity index (χ1n) is 10.6. The lowest BCUT2D eigenvalue weighted by Gasteiger charge is -2.27. The zero-order valence-electron chi connectivity index (χ0n) is 18.6. The molecule has 0 radical (unpaired) electrons. The molecule has 1 fully saturated rings. The number of aryl methyl sites for hydroxylation is 2. The lowest BCUT2D eigenvalue weighted by atomic mass is 9.92. The summed E-state index contributed by atoms with van der Waals surface area (Å²) in [6.45, 7) is 3.58. The zero-order valence-corrected chi connectivity index (χ0v) is 18.6. The molecule has 1 amide bonds. The first-order valence-corrected chi connectivity index (χ1v) is 10.6. The van der Waals surface area contributed by atoms with Gasteiger partial charge in [-0.3, -0.25) is 9.59 Å². The van der Waals surface area contributed by atoms with Gasteiger partial charge in [0.2, 0.25) is 0 Å². The van der Waals surface area contributed by atoms with Crippen LogP contribution in [0.2, 0.25) is 0 Å². The zero-order chi connectivity index (χ0) is 23.7. The van der Waals surface area contributed by atoms with Crippen LogP contribution >= 0.6 is 0 Å². The summed E-state index contributed by atoms with van der Waals surface area (Å²) in [5.74, 6) is -1.64. The van der Waals surface area contributed by atoms with Gasteiger partial charge in [-0.05, 0) is 54.8 Å². The molecule has 1 aliphatic rings. The topological polar surface area (TPSA) is 66.8 Å². The molecule has 1 N–H and O–H groups in total. The SMILES string of the molecule is COc1ccccc1CN1C(=O)C(=O)/C(=C(/O)c2ccc(F)c(C)c2)C1c1ccccc1C. The molecule has 0 saturated carbocycles. The number of rotatable bonds is 5. The molecule has 0 aliphatic carbocycles. The number of para-hydroxylation sites is 1. The van der Waals surface area contributed by atoms with Crippen molar-refractivity contribution in [3.05, 3.63) is 106 Å². The molecular weight excluding hydrogens is 421 g/mol. The summed E-state index contributed by atoms with van der Waals surface area (Å²) >= 11 is 0. The fourth-order valence-electron chi connectivity index (χ4n) is 4.22. The molecule has 3 aromatic carbocycles. The van der Waals surface area contributed by atoms with Crippen molar-refractivity contribution in [2.75, 3.05) is 7.11 Å². The first kappa shape index (κ1) is 22.3. The van der Waals surface area contributed by atoms with Crippen LogP contribution in [0, 0.1) is 19.7 Å². The number of hydrogen-bond acceptors (Lipinski definition) is 4. The predicted molar refractivity (Wildman–Crippen MR) is 123 cm³/mol.